The summed E-state index contributed by atoms with van der Waals surface area (Å²) in [6, 6.07) is 8.97. The number of nitrogens with zero attached hydrogens (tertiary/aromatic N) is 1. The number of benzene rings is 1. The van der Waals surface area contributed by atoms with Crippen LogP contribution in [0.4, 0.5) is 0 Å². The number of likely N-dealkylation sites (tertiary alicyclic amines) is 1. The lowest BCUT2D eigenvalue weighted by atomic mass is 9.97. The van der Waals surface area contributed by atoms with Gasteiger partial charge >= 0.3 is 0 Å². The van der Waals surface area contributed by atoms with Gasteiger partial charge in [-0.15, -0.1) is 12.4 Å². The first-order valence-electron chi connectivity index (χ1n) is 8.33. The second-order valence-corrected chi connectivity index (χ2v) is 6.50. The van der Waals surface area contributed by atoms with Crippen molar-refractivity contribution in [3.8, 4) is 0 Å². The van der Waals surface area contributed by atoms with E-state index in [2.05, 4.69) is 41.4 Å². The molecular formula is C18H27ClN2O. The Bertz CT molecular complexity index is 500. The van der Waals surface area contributed by atoms with E-state index in [4.69, 9.17) is 0 Å². The number of carbonyl (C=O) groups is 1. The molecule has 0 saturated carbocycles. The molecular weight excluding hydrogens is 296 g/mol. The van der Waals surface area contributed by atoms with Gasteiger partial charge in [-0.2, -0.15) is 0 Å². The highest BCUT2D eigenvalue weighted by atomic mass is 35.5. The molecule has 4 heteroatoms. The molecule has 2 atom stereocenters. The van der Waals surface area contributed by atoms with E-state index in [9.17, 15) is 4.79 Å². The van der Waals surface area contributed by atoms with Gasteiger partial charge in [0.15, 0.2) is 0 Å². The van der Waals surface area contributed by atoms with Crippen LogP contribution in [0.2, 0.25) is 0 Å². The molecule has 0 aromatic heterocycles. The number of nitrogens with one attached hydrogen (secondary N) is 1. The van der Waals surface area contributed by atoms with Crippen LogP contribution in [0.3, 0.4) is 0 Å². The van der Waals surface area contributed by atoms with Crippen molar-refractivity contribution in [2.24, 2.45) is 5.92 Å². The van der Waals surface area contributed by atoms with Crippen molar-refractivity contribution in [2.45, 2.75) is 45.1 Å². The van der Waals surface area contributed by atoms with Crippen molar-refractivity contribution < 1.29 is 4.79 Å². The van der Waals surface area contributed by atoms with Crippen molar-refractivity contribution in [3.63, 3.8) is 0 Å². The fraction of sp³-hybridized carbons (Fsp3) is 0.611. The van der Waals surface area contributed by atoms with Gasteiger partial charge in [0, 0.05) is 13.1 Å². The van der Waals surface area contributed by atoms with E-state index in [1.165, 1.54) is 24.0 Å². The van der Waals surface area contributed by atoms with Crippen molar-refractivity contribution in [1.29, 1.82) is 0 Å². The first-order valence-corrected chi connectivity index (χ1v) is 8.33. The average Bonchev–Trinajstić information content (AvgIpc) is 2.91. The summed E-state index contributed by atoms with van der Waals surface area (Å²) in [5.74, 6) is 0.559. The van der Waals surface area contributed by atoms with E-state index in [0.29, 0.717) is 5.91 Å². The molecule has 0 spiro atoms. The lowest BCUT2D eigenvalue weighted by Crippen LogP contribution is -2.39. The number of rotatable bonds is 2. The summed E-state index contributed by atoms with van der Waals surface area (Å²) in [6.07, 6.45) is 5.72. The minimum Gasteiger partial charge on any atom is -0.335 e. The molecule has 2 saturated heterocycles. The molecule has 1 N–H and O–H groups in total. The van der Waals surface area contributed by atoms with E-state index < -0.39 is 0 Å². The maximum atomic E-state index is 12.9. The van der Waals surface area contributed by atoms with E-state index >= 15 is 0 Å². The first-order chi connectivity index (χ1) is 10.3. The molecule has 1 aromatic rings. The van der Waals surface area contributed by atoms with Crippen molar-refractivity contribution in [3.05, 3.63) is 35.4 Å². The van der Waals surface area contributed by atoms with Crippen LogP contribution in [-0.4, -0.2) is 30.4 Å². The Balaban J connectivity index is 0.00000176. The number of halogens is 1. The predicted octanol–water partition coefficient (Wildman–Crippen LogP) is 3.47. The Labute approximate surface area is 139 Å². The molecule has 2 unspecified atom stereocenters. The molecule has 0 aliphatic carbocycles. The summed E-state index contributed by atoms with van der Waals surface area (Å²) >= 11 is 0. The summed E-state index contributed by atoms with van der Waals surface area (Å²) in [4.78, 5) is 15.1. The lowest BCUT2D eigenvalue weighted by molar-refractivity contribution is -0.137. The Kier molecular flexibility index (Phi) is 6.27. The quantitative estimate of drug-likeness (QED) is 0.904. The third-order valence-electron chi connectivity index (χ3n) is 4.87. The SMILES string of the molecule is Cc1cccc(C2CCCCCN2C(=O)C2CCNC2)c1.Cl. The zero-order valence-electron chi connectivity index (χ0n) is 13.4. The van der Waals surface area contributed by atoms with Crippen LogP contribution in [0.1, 0.15) is 49.3 Å². The lowest BCUT2D eigenvalue weighted by Gasteiger charge is -2.32. The van der Waals surface area contributed by atoms with Gasteiger partial charge in [-0.05, 0) is 38.3 Å². The highest BCUT2D eigenvalue weighted by Gasteiger charge is 2.32. The van der Waals surface area contributed by atoms with Crippen LogP contribution >= 0.6 is 12.4 Å². The smallest absolute Gasteiger partial charge is 0.227 e. The van der Waals surface area contributed by atoms with Crippen LogP contribution in [0.15, 0.2) is 24.3 Å². The fourth-order valence-electron chi connectivity index (χ4n) is 3.70. The van der Waals surface area contributed by atoms with Crippen molar-refractivity contribution in [1.82, 2.24) is 10.2 Å². The molecule has 2 aliphatic heterocycles. The predicted molar refractivity (Wildman–Crippen MR) is 92.3 cm³/mol. The topological polar surface area (TPSA) is 32.3 Å². The van der Waals surface area contributed by atoms with Crippen LogP contribution in [0.25, 0.3) is 0 Å². The van der Waals surface area contributed by atoms with Crippen LogP contribution in [0, 0.1) is 12.8 Å². The minimum atomic E-state index is 0. The zero-order valence-corrected chi connectivity index (χ0v) is 14.2. The zero-order chi connectivity index (χ0) is 14.7. The molecule has 3 nitrogen and oxygen atoms in total. The number of amides is 1. The van der Waals surface area contributed by atoms with Crippen LogP contribution in [-0.2, 0) is 4.79 Å². The molecule has 1 aromatic carbocycles. The van der Waals surface area contributed by atoms with Crippen LogP contribution in [0.5, 0.6) is 0 Å². The van der Waals surface area contributed by atoms with Crippen LogP contribution < -0.4 is 5.32 Å². The largest absolute Gasteiger partial charge is 0.335 e. The molecule has 2 fully saturated rings. The monoisotopic (exact) mass is 322 g/mol. The number of carbonyl (C=O) groups excluding carboxylic acids is 1. The van der Waals surface area contributed by atoms with Gasteiger partial charge in [0.25, 0.3) is 0 Å². The van der Waals surface area contributed by atoms with Gasteiger partial charge in [0.05, 0.1) is 12.0 Å². The summed E-state index contributed by atoms with van der Waals surface area (Å²) < 4.78 is 0. The summed E-state index contributed by atoms with van der Waals surface area (Å²) in [6.45, 7) is 4.90. The average molecular weight is 323 g/mol. The van der Waals surface area contributed by atoms with E-state index in [0.717, 1.165) is 38.9 Å². The number of hydrogen-bond acceptors (Lipinski definition) is 2. The van der Waals surface area contributed by atoms with E-state index in [-0.39, 0.29) is 24.4 Å². The van der Waals surface area contributed by atoms with Crippen molar-refractivity contribution in [2.75, 3.05) is 19.6 Å². The maximum absolute atomic E-state index is 12.9. The van der Waals surface area contributed by atoms with Gasteiger partial charge in [-0.25, -0.2) is 0 Å². The van der Waals surface area contributed by atoms with Gasteiger partial charge in [-0.1, -0.05) is 42.7 Å². The molecule has 0 bridgehead atoms. The summed E-state index contributed by atoms with van der Waals surface area (Å²) in [5, 5.41) is 3.32. The standard InChI is InChI=1S/C18H26N2O.ClH/c1-14-6-5-7-15(12-14)17-8-3-2-4-11-20(17)18(21)16-9-10-19-13-16;/h5-7,12,16-17,19H,2-4,8-11,13H2,1H3;1H. The second kappa shape index (κ2) is 7.98. The first kappa shape index (κ1) is 17.3. The molecule has 122 valence electrons. The Morgan fingerprint density at radius 1 is 1.23 bits per heavy atom. The van der Waals surface area contributed by atoms with Gasteiger partial charge in [0.2, 0.25) is 5.91 Å². The summed E-state index contributed by atoms with van der Waals surface area (Å²) in [7, 11) is 0. The third kappa shape index (κ3) is 3.82. The Hall–Kier alpha value is -1.06. The van der Waals surface area contributed by atoms with Gasteiger partial charge < -0.3 is 10.2 Å². The molecule has 3 rings (SSSR count). The highest BCUT2D eigenvalue weighted by Crippen LogP contribution is 2.32. The minimum absolute atomic E-state index is 0. The molecule has 0 radical (unpaired) electrons. The second-order valence-electron chi connectivity index (χ2n) is 6.50. The molecule has 2 aliphatic rings. The molecule has 22 heavy (non-hydrogen) atoms. The van der Waals surface area contributed by atoms with Crippen molar-refractivity contribution >= 4 is 18.3 Å². The van der Waals surface area contributed by atoms with E-state index in [1.54, 1.807) is 0 Å². The maximum Gasteiger partial charge on any atom is 0.227 e. The van der Waals surface area contributed by atoms with Gasteiger partial charge in [0.1, 0.15) is 0 Å². The molecule has 2 heterocycles. The van der Waals surface area contributed by atoms with Gasteiger partial charge in [-0.3, -0.25) is 4.79 Å². The summed E-state index contributed by atoms with van der Waals surface area (Å²) in [5.41, 5.74) is 2.60. The Morgan fingerprint density at radius 3 is 2.82 bits per heavy atom. The third-order valence-corrected chi connectivity index (χ3v) is 4.87. The number of hydrogen-bond donors (Lipinski definition) is 1. The normalized spacial score (nSPS) is 25.4. The fourth-order valence-corrected chi connectivity index (χ4v) is 3.70. The van der Waals surface area contributed by atoms with E-state index in [1.807, 2.05) is 0 Å². The molecule has 1 amide bonds. The Morgan fingerprint density at radius 2 is 2.09 bits per heavy atom. The number of aryl methyl sites for hydroxylation is 1. The highest BCUT2D eigenvalue weighted by molar-refractivity contribution is 5.85.